The Morgan fingerprint density at radius 2 is 1.83 bits per heavy atom. The van der Waals surface area contributed by atoms with Gasteiger partial charge in [-0.05, 0) is 29.3 Å². The maximum atomic E-state index is 12.5. The van der Waals surface area contributed by atoms with Crippen molar-refractivity contribution in [2.45, 2.75) is 6.18 Å². The van der Waals surface area contributed by atoms with Gasteiger partial charge in [0, 0.05) is 12.1 Å². The highest BCUT2D eigenvalue weighted by atomic mass is 19.4. The Kier molecular flexibility index (Phi) is 4.46. The lowest BCUT2D eigenvalue weighted by Crippen LogP contribution is -2.03. The number of rotatable bonds is 3. The van der Waals surface area contributed by atoms with E-state index >= 15 is 0 Å². The van der Waals surface area contributed by atoms with E-state index in [-0.39, 0.29) is 11.3 Å². The number of hydrogen-bond donors (Lipinski definition) is 0. The standard InChI is InChI=1S/C16H9F3N2O2/c17-16(18,19)14-6-4-11(5-7-14)8-13(10-20)12-2-1-3-15(9-12)21(22)23/h1-9H. The van der Waals surface area contributed by atoms with Crippen LogP contribution < -0.4 is 0 Å². The summed E-state index contributed by atoms with van der Waals surface area (Å²) in [5.74, 6) is 0. The van der Waals surface area contributed by atoms with Gasteiger partial charge in [-0.2, -0.15) is 18.4 Å². The number of non-ortho nitro benzene ring substituents is 1. The second kappa shape index (κ2) is 6.32. The van der Waals surface area contributed by atoms with E-state index in [9.17, 15) is 28.5 Å². The molecule has 0 bridgehead atoms. The van der Waals surface area contributed by atoms with Gasteiger partial charge in [-0.15, -0.1) is 0 Å². The van der Waals surface area contributed by atoms with Crippen molar-refractivity contribution < 1.29 is 18.1 Å². The minimum absolute atomic E-state index is 0.119. The largest absolute Gasteiger partial charge is 0.416 e. The Morgan fingerprint density at radius 1 is 1.17 bits per heavy atom. The highest BCUT2D eigenvalue weighted by Crippen LogP contribution is 2.30. The zero-order valence-corrected chi connectivity index (χ0v) is 11.5. The van der Waals surface area contributed by atoms with Gasteiger partial charge in [0.2, 0.25) is 0 Å². The second-order valence-corrected chi connectivity index (χ2v) is 4.60. The summed E-state index contributed by atoms with van der Waals surface area (Å²) in [5.41, 5.74) is -0.129. The molecule has 116 valence electrons. The van der Waals surface area contributed by atoms with E-state index < -0.39 is 16.7 Å². The van der Waals surface area contributed by atoms with Crippen LogP contribution in [-0.2, 0) is 6.18 Å². The normalized spacial score (nSPS) is 11.8. The monoisotopic (exact) mass is 318 g/mol. The van der Waals surface area contributed by atoms with Crippen molar-refractivity contribution in [2.24, 2.45) is 0 Å². The minimum Gasteiger partial charge on any atom is -0.258 e. The van der Waals surface area contributed by atoms with Crippen molar-refractivity contribution in [3.05, 3.63) is 75.3 Å². The van der Waals surface area contributed by atoms with Gasteiger partial charge in [-0.3, -0.25) is 10.1 Å². The molecule has 7 heteroatoms. The molecule has 0 radical (unpaired) electrons. The molecule has 2 rings (SSSR count). The summed E-state index contributed by atoms with van der Waals surface area (Å²) >= 11 is 0. The van der Waals surface area contributed by atoms with Crippen molar-refractivity contribution in [1.82, 2.24) is 0 Å². The van der Waals surface area contributed by atoms with Crippen LogP contribution in [-0.4, -0.2) is 4.92 Å². The first-order valence-corrected chi connectivity index (χ1v) is 6.35. The molecular formula is C16H9F3N2O2. The summed E-state index contributed by atoms with van der Waals surface area (Å²) in [6.45, 7) is 0. The number of nitro groups is 1. The van der Waals surface area contributed by atoms with Gasteiger partial charge in [-0.1, -0.05) is 24.3 Å². The highest BCUT2D eigenvalue weighted by Gasteiger charge is 2.29. The quantitative estimate of drug-likeness (QED) is 0.357. The number of nitrogens with zero attached hydrogens (tertiary/aromatic N) is 2. The van der Waals surface area contributed by atoms with E-state index in [0.29, 0.717) is 11.1 Å². The van der Waals surface area contributed by atoms with E-state index in [1.165, 1.54) is 42.5 Å². The number of allylic oxidation sites excluding steroid dienone is 1. The number of hydrogen-bond acceptors (Lipinski definition) is 3. The van der Waals surface area contributed by atoms with E-state index in [2.05, 4.69) is 0 Å². The van der Waals surface area contributed by atoms with Gasteiger partial charge < -0.3 is 0 Å². The number of nitro benzene ring substituents is 1. The summed E-state index contributed by atoms with van der Waals surface area (Å²) in [4.78, 5) is 10.2. The molecule has 2 aromatic carbocycles. The molecule has 0 saturated carbocycles. The zero-order valence-electron chi connectivity index (χ0n) is 11.5. The van der Waals surface area contributed by atoms with E-state index in [1.54, 1.807) is 0 Å². The Hall–Kier alpha value is -3.14. The van der Waals surface area contributed by atoms with Crippen LogP contribution in [0.4, 0.5) is 18.9 Å². The topological polar surface area (TPSA) is 66.9 Å². The predicted octanol–water partition coefficient (Wildman–Crippen LogP) is 4.68. The van der Waals surface area contributed by atoms with Crippen LogP contribution in [0, 0.1) is 21.4 Å². The molecule has 0 aliphatic carbocycles. The Balaban J connectivity index is 2.38. The van der Waals surface area contributed by atoms with Crippen molar-refractivity contribution in [2.75, 3.05) is 0 Å². The first-order valence-electron chi connectivity index (χ1n) is 6.35. The van der Waals surface area contributed by atoms with Gasteiger partial charge in [0.25, 0.3) is 5.69 Å². The molecule has 0 amide bonds. The van der Waals surface area contributed by atoms with Crippen LogP contribution in [0.5, 0.6) is 0 Å². The molecule has 0 N–H and O–H groups in total. The van der Waals surface area contributed by atoms with E-state index in [0.717, 1.165) is 12.1 Å². The smallest absolute Gasteiger partial charge is 0.258 e. The molecule has 0 heterocycles. The average Bonchev–Trinajstić information content (AvgIpc) is 2.52. The molecule has 0 unspecified atom stereocenters. The fraction of sp³-hybridized carbons (Fsp3) is 0.0625. The van der Waals surface area contributed by atoms with Gasteiger partial charge >= 0.3 is 6.18 Å². The van der Waals surface area contributed by atoms with Crippen molar-refractivity contribution in [3.63, 3.8) is 0 Å². The van der Waals surface area contributed by atoms with Crippen LogP contribution in [0.25, 0.3) is 11.6 Å². The van der Waals surface area contributed by atoms with Crippen LogP contribution in [0.2, 0.25) is 0 Å². The third kappa shape index (κ3) is 3.95. The molecular weight excluding hydrogens is 309 g/mol. The third-order valence-electron chi connectivity index (χ3n) is 3.04. The fourth-order valence-corrected chi connectivity index (χ4v) is 1.90. The fourth-order valence-electron chi connectivity index (χ4n) is 1.90. The average molecular weight is 318 g/mol. The van der Waals surface area contributed by atoms with Gasteiger partial charge in [-0.25, -0.2) is 0 Å². The van der Waals surface area contributed by atoms with Crippen LogP contribution in [0.3, 0.4) is 0 Å². The first kappa shape index (κ1) is 16.2. The SMILES string of the molecule is N#CC(=Cc1ccc(C(F)(F)F)cc1)c1cccc([N+](=O)[O-])c1. The van der Waals surface area contributed by atoms with Gasteiger partial charge in [0.1, 0.15) is 0 Å². The van der Waals surface area contributed by atoms with E-state index in [1.807, 2.05) is 6.07 Å². The number of benzene rings is 2. The Labute approximate surface area is 129 Å². The lowest BCUT2D eigenvalue weighted by Gasteiger charge is -2.06. The summed E-state index contributed by atoms with van der Waals surface area (Å²) in [7, 11) is 0. The summed E-state index contributed by atoms with van der Waals surface area (Å²) < 4.78 is 37.5. The summed E-state index contributed by atoms with van der Waals surface area (Å²) in [6.07, 6.45) is -3.06. The molecule has 0 aromatic heterocycles. The molecule has 23 heavy (non-hydrogen) atoms. The molecule has 4 nitrogen and oxygen atoms in total. The highest BCUT2D eigenvalue weighted by molar-refractivity contribution is 5.90. The molecule has 0 aliphatic rings. The molecule has 0 aliphatic heterocycles. The summed E-state index contributed by atoms with van der Waals surface area (Å²) in [5, 5.41) is 19.9. The summed E-state index contributed by atoms with van der Waals surface area (Å²) in [6, 6.07) is 11.7. The lowest BCUT2D eigenvalue weighted by atomic mass is 10.0. The van der Waals surface area contributed by atoms with E-state index in [4.69, 9.17) is 0 Å². The molecule has 2 aromatic rings. The van der Waals surface area contributed by atoms with Gasteiger partial charge in [0.15, 0.2) is 0 Å². The number of alkyl halides is 3. The van der Waals surface area contributed by atoms with Crippen molar-refractivity contribution >= 4 is 17.3 Å². The molecule has 0 saturated heterocycles. The van der Waals surface area contributed by atoms with Crippen LogP contribution in [0.1, 0.15) is 16.7 Å². The van der Waals surface area contributed by atoms with Crippen LogP contribution in [0.15, 0.2) is 48.5 Å². The lowest BCUT2D eigenvalue weighted by molar-refractivity contribution is -0.384. The maximum absolute atomic E-state index is 12.5. The minimum atomic E-state index is -4.43. The number of nitriles is 1. The van der Waals surface area contributed by atoms with Crippen molar-refractivity contribution in [1.29, 1.82) is 5.26 Å². The number of halogens is 3. The van der Waals surface area contributed by atoms with Crippen molar-refractivity contribution in [3.8, 4) is 6.07 Å². The molecule has 0 fully saturated rings. The Bertz CT molecular complexity index is 803. The predicted molar refractivity (Wildman–Crippen MR) is 78.0 cm³/mol. The zero-order chi connectivity index (χ0) is 17.0. The third-order valence-corrected chi connectivity index (χ3v) is 3.04. The van der Waals surface area contributed by atoms with Crippen LogP contribution >= 0.6 is 0 Å². The van der Waals surface area contributed by atoms with Gasteiger partial charge in [0.05, 0.1) is 22.1 Å². The maximum Gasteiger partial charge on any atom is 0.416 e. The Morgan fingerprint density at radius 3 is 2.35 bits per heavy atom. The molecule has 0 spiro atoms. The second-order valence-electron chi connectivity index (χ2n) is 4.60. The molecule has 0 atom stereocenters. The first-order chi connectivity index (χ1) is 10.8.